The van der Waals surface area contributed by atoms with Crippen LogP contribution in [-0.2, 0) is 0 Å². The summed E-state index contributed by atoms with van der Waals surface area (Å²) in [6, 6.07) is 14.6. The Hall–Kier alpha value is -2.22. The minimum absolute atomic E-state index is 0.256. The minimum Gasteiger partial charge on any atom is -0.506 e. The Labute approximate surface area is 125 Å². The maximum Gasteiger partial charge on any atom is 0.138 e. The van der Waals surface area contributed by atoms with E-state index < -0.39 is 0 Å². The number of aromatic hydroxyl groups is 1. The van der Waals surface area contributed by atoms with Crippen LogP contribution < -0.4 is 5.32 Å². The third-order valence-electron chi connectivity index (χ3n) is 4.90. The predicted molar refractivity (Wildman–Crippen MR) is 85.6 cm³/mol. The van der Waals surface area contributed by atoms with Crippen molar-refractivity contribution in [2.45, 2.75) is 25.3 Å². The van der Waals surface area contributed by atoms with Gasteiger partial charge in [0.2, 0.25) is 0 Å². The molecule has 0 radical (unpaired) electrons. The molecule has 0 aromatic heterocycles. The summed E-state index contributed by atoms with van der Waals surface area (Å²) in [6.45, 7) is 2.16. The van der Waals surface area contributed by atoms with Crippen molar-refractivity contribution in [2.24, 2.45) is 5.92 Å². The van der Waals surface area contributed by atoms with Gasteiger partial charge >= 0.3 is 0 Å². The first kappa shape index (κ1) is 12.5. The van der Waals surface area contributed by atoms with Crippen LogP contribution in [0.25, 0.3) is 0 Å². The number of rotatable bonds is 1. The zero-order chi connectivity index (χ0) is 14.4. The topological polar surface area (TPSA) is 32.3 Å². The molecule has 2 N–H and O–H groups in total. The largest absolute Gasteiger partial charge is 0.506 e. The van der Waals surface area contributed by atoms with Gasteiger partial charge in [-0.3, -0.25) is 0 Å². The van der Waals surface area contributed by atoms with Crippen LogP contribution in [0.1, 0.15) is 35.1 Å². The normalized spacial score (nSPS) is 26.0. The van der Waals surface area contributed by atoms with Gasteiger partial charge in [-0.1, -0.05) is 48.6 Å². The Morgan fingerprint density at radius 3 is 2.71 bits per heavy atom. The van der Waals surface area contributed by atoms with Crippen molar-refractivity contribution in [3.8, 4) is 5.75 Å². The fraction of sp³-hybridized carbons (Fsp3) is 0.263. The maximum absolute atomic E-state index is 10.2. The number of para-hydroxylation sites is 1. The van der Waals surface area contributed by atoms with Gasteiger partial charge in [0.1, 0.15) is 5.75 Å². The number of phenols is 1. The lowest BCUT2D eigenvalue weighted by molar-refractivity contribution is 0.414. The average Bonchev–Trinajstić information content (AvgIpc) is 2.97. The van der Waals surface area contributed by atoms with E-state index in [9.17, 15) is 5.11 Å². The molecule has 0 amide bonds. The number of benzene rings is 2. The number of aryl methyl sites for hydroxylation is 1. The molecule has 0 bridgehead atoms. The summed E-state index contributed by atoms with van der Waals surface area (Å²) in [6.07, 6.45) is 5.67. The standard InChI is InChI=1S/C19H19NO/c1-12-6-2-3-7-13(12)18-15-9-4-8-14(15)16-10-5-11-17(21)19(16)20-18/h2-8,10-11,14-15,18,20-21H,9H2,1H3. The molecule has 2 aromatic rings. The van der Waals surface area contributed by atoms with Crippen LogP contribution in [0.3, 0.4) is 0 Å². The van der Waals surface area contributed by atoms with Crippen LogP contribution in [0.4, 0.5) is 5.69 Å². The van der Waals surface area contributed by atoms with E-state index in [0.717, 1.165) is 12.1 Å². The van der Waals surface area contributed by atoms with Crippen molar-refractivity contribution < 1.29 is 5.11 Å². The molecule has 2 nitrogen and oxygen atoms in total. The second kappa shape index (κ2) is 4.66. The summed E-state index contributed by atoms with van der Waals surface area (Å²) >= 11 is 0. The van der Waals surface area contributed by atoms with Gasteiger partial charge in [0.05, 0.1) is 11.7 Å². The third kappa shape index (κ3) is 1.86. The Morgan fingerprint density at radius 2 is 1.86 bits per heavy atom. The van der Waals surface area contributed by atoms with Gasteiger partial charge < -0.3 is 10.4 Å². The fourth-order valence-electron chi connectivity index (χ4n) is 3.85. The molecular weight excluding hydrogens is 258 g/mol. The summed E-state index contributed by atoms with van der Waals surface area (Å²) < 4.78 is 0. The van der Waals surface area contributed by atoms with E-state index in [1.165, 1.54) is 16.7 Å². The number of anilines is 1. The van der Waals surface area contributed by atoms with Crippen molar-refractivity contribution in [3.63, 3.8) is 0 Å². The van der Waals surface area contributed by atoms with E-state index >= 15 is 0 Å². The van der Waals surface area contributed by atoms with Gasteiger partial charge in [-0.25, -0.2) is 0 Å². The van der Waals surface area contributed by atoms with Gasteiger partial charge in [0.15, 0.2) is 0 Å². The Kier molecular flexibility index (Phi) is 2.78. The Balaban J connectivity index is 1.85. The zero-order valence-electron chi connectivity index (χ0n) is 12.1. The van der Waals surface area contributed by atoms with Gasteiger partial charge in [-0.2, -0.15) is 0 Å². The van der Waals surface area contributed by atoms with E-state index in [4.69, 9.17) is 0 Å². The molecule has 3 atom stereocenters. The van der Waals surface area contributed by atoms with Crippen molar-refractivity contribution in [1.29, 1.82) is 0 Å². The molecule has 2 aliphatic rings. The fourth-order valence-corrected chi connectivity index (χ4v) is 3.85. The molecular formula is C19H19NO. The van der Waals surface area contributed by atoms with Gasteiger partial charge in [0, 0.05) is 5.92 Å². The number of nitrogens with one attached hydrogen (secondary N) is 1. The van der Waals surface area contributed by atoms with E-state index in [0.29, 0.717) is 17.6 Å². The molecule has 0 saturated heterocycles. The van der Waals surface area contributed by atoms with Crippen molar-refractivity contribution in [2.75, 3.05) is 5.32 Å². The highest BCUT2D eigenvalue weighted by molar-refractivity contribution is 5.67. The molecule has 1 aliphatic heterocycles. The SMILES string of the molecule is Cc1ccccc1C1Nc2c(O)cccc2C2C=CCC21. The van der Waals surface area contributed by atoms with Crippen LogP contribution in [-0.4, -0.2) is 5.11 Å². The molecule has 0 fully saturated rings. The van der Waals surface area contributed by atoms with E-state index in [1.54, 1.807) is 6.07 Å². The van der Waals surface area contributed by atoms with E-state index in [-0.39, 0.29) is 6.04 Å². The highest BCUT2D eigenvalue weighted by Crippen LogP contribution is 2.52. The van der Waals surface area contributed by atoms with Crippen LogP contribution in [0, 0.1) is 12.8 Å². The molecule has 2 heteroatoms. The molecule has 0 spiro atoms. The van der Waals surface area contributed by atoms with Gasteiger partial charge in [0.25, 0.3) is 0 Å². The highest BCUT2D eigenvalue weighted by Gasteiger charge is 2.39. The molecule has 0 saturated carbocycles. The second-order valence-corrected chi connectivity index (χ2v) is 6.07. The quantitative estimate of drug-likeness (QED) is 0.593. The van der Waals surface area contributed by atoms with Gasteiger partial charge in [-0.15, -0.1) is 0 Å². The summed E-state index contributed by atoms with van der Waals surface area (Å²) in [7, 11) is 0. The monoisotopic (exact) mass is 277 g/mol. The highest BCUT2D eigenvalue weighted by atomic mass is 16.3. The molecule has 2 aromatic carbocycles. The first-order valence-corrected chi connectivity index (χ1v) is 7.56. The second-order valence-electron chi connectivity index (χ2n) is 6.07. The van der Waals surface area contributed by atoms with Crippen LogP contribution in [0.5, 0.6) is 5.75 Å². The van der Waals surface area contributed by atoms with Crippen LogP contribution >= 0.6 is 0 Å². The molecule has 1 aliphatic carbocycles. The Morgan fingerprint density at radius 1 is 1.05 bits per heavy atom. The van der Waals surface area contributed by atoms with Crippen molar-refractivity contribution in [3.05, 3.63) is 71.3 Å². The lowest BCUT2D eigenvalue weighted by atomic mass is 9.76. The van der Waals surface area contributed by atoms with Crippen LogP contribution in [0.15, 0.2) is 54.6 Å². The summed E-state index contributed by atoms with van der Waals surface area (Å²) in [5, 5.41) is 13.8. The summed E-state index contributed by atoms with van der Waals surface area (Å²) in [5.41, 5.74) is 4.77. The smallest absolute Gasteiger partial charge is 0.138 e. The number of allylic oxidation sites excluding steroid dienone is 2. The van der Waals surface area contributed by atoms with Gasteiger partial charge in [-0.05, 0) is 42.0 Å². The molecule has 21 heavy (non-hydrogen) atoms. The molecule has 3 unspecified atom stereocenters. The van der Waals surface area contributed by atoms with Crippen molar-refractivity contribution in [1.82, 2.24) is 0 Å². The van der Waals surface area contributed by atoms with E-state index in [2.05, 4.69) is 54.7 Å². The average molecular weight is 277 g/mol. The molecule has 4 rings (SSSR count). The maximum atomic E-state index is 10.2. The first-order valence-electron chi connectivity index (χ1n) is 7.56. The summed E-state index contributed by atoms with van der Waals surface area (Å²) in [4.78, 5) is 0. The first-order chi connectivity index (χ1) is 10.3. The Bertz CT molecular complexity index is 719. The third-order valence-corrected chi connectivity index (χ3v) is 4.90. The van der Waals surface area contributed by atoms with E-state index in [1.807, 2.05) is 6.07 Å². The lowest BCUT2D eigenvalue weighted by Gasteiger charge is -2.38. The number of phenolic OH excluding ortho intramolecular Hbond substituents is 1. The molecule has 106 valence electrons. The zero-order valence-corrected chi connectivity index (χ0v) is 12.1. The minimum atomic E-state index is 0.256. The number of fused-ring (bicyclic) bond motifs is 3. The lowest BCUT2D eigenvalue weighted by Crippen LogP contribution is -2.29. The van der Waals surface area contributed by atoms with Crippen LogP contribution in [0.2, 0.25) is 0 Å². The number of hydrogen-bond acceptors (Lipinski definition) is 2. The molecule has 1 heterocycles. The van der Waals surface area contributed by atoms with Crippen molar-refractivity contribution >= 4 is 5.69 Å². The number of hydrogen-bond donors (Lipinski definition) is 2. The predicted octanol–water partition coefficient (Wildman–Crippen LogP) is 4.53. The summed E-state index contributed by atoms with van der Waals surface area (Å²) in [5.74, 6) is 1.28.